The number of carboxylic acid groups (broad SMARTS) is 1. The lowest BCUT2D eigenvalue weighted by Crippen LogP contribution is -2.48. The van der Waals surface area contributed by atoms with Crippen molar-refractivity contribution in [2.24, 2.45) is 5.92 Å². The van der Waals surface area contributed by atoms with E-state index in [0.717, 1.165) is 23.8 Å². The first-order chi connectivity index (χ1) is 15.3. The molecule has 32 heavy (non-hydrogen) atoms. The number of fused-ring (bicyclic) bond motifs is 1. The number of carboxylic acids is 1. The number of aliphatic carboxylic acids is 1. The Labute approximate surface area is 186 Å². The molecular weight excluding hydrogens is 417 g/mol. The molecule has 0 aliphatic carbocycles. The molecule has 172 valence electrons. The molecule has 2 aliphatic heterocycles. The molecule has 0 radical (unpaired) electrons. The molecule has 0 spiro atoms. The van der Waals surface area contributed by atoms with Gasteiger partial charge in [0, 0.05) is 26.6 Å². The van der Waals surface area contributed by atoms with E-state index in [1.165, 1.54) is 13.1 Å². The molecule has 8 nitrogen and oxygen atoms in total. The van der Waals surface area contributed by atoms with E-state index in [1.54, 1.807) is 6.08 Å². The van der Waals surface area contributed by atoms with Gasteiger partial charge >= 0.3 is 5.97 Å². The molecule has 0 aromatic heterocycles. The predicted octanol–water partition coefficient (Wildman–Crippen LogP) is 2.58. The van der Waals surface area contributed by atoms with E-state index in [-0.39, 0.29) is 35.6 Å². The third kappa shape index (κ3) is 4.66. The van der Waals surface area contributed by atoms with Crippen molar-refractivity contribution in [3.8, 4) is 0 Å². The summed E-state index contributed by atoms with van der Waals surface area (Å²) in [4.78, 5) is 51.8. The monoisotopic (exact) mass is 445 g/mol. The quantitative estimate of drug-likeness (QED) is 0.447. The zero-order valence-electron chi connectivity index (χ0n) is 18.1. The number of carbonyl (C=O) groups is 4. The molecule has 2 N–H and O–H groups in total. The predicted molar refractivity (Wildman–Crippen MR) is 116 cm³/mol. The minimum atomic E-state index is -0.998. The molecule has 1 aromatic rings. The maximum absolute atomic E-state index is 14.9. The summed E-state index contributed by atoms with van der Waals surface area (Å²) < 4.78 is 14.9. The first-order valence-electron chi connectivity index (χ1n) is 10.8. The highest BCUT2D eigenvalue weighted by molar-refractivity contribution is 6.23. The van der Waals surface area contributed by atoms with E-state index >= 15 is 0 Å². The van der Waals surface area contributed by atoms with E-state index in [0.29, 0.717) is 25.9 Å². The van der Waals surface area contributed by atoms with Crippen LogP contribution in [0.4, 0.5) is 10.1 Å². The summed E-state index contributed by atoms with van der Waals surface area (Å²) in [6, 6.07) is 1.48. The third-order valence-electron chi connectivity index (χ3n) is 6.21. The lowest BCUT2D eigenvalue weighted by molar-refractivity contribution is -0.137. The molecule has 1 aromatic carbocycles. The molecule has 1 atom stereocenters. The fourth-order valence-electron chi connectivity index (χ4n) is 4.40. The number of likely N-dealkylation sites (N-methyl/N-ethyl adjacent to an activating group) is 1. The fourth-order valence-corrected chi connectivity index (χ4v) is 4.40. The van der Waals surface area contributed by atoms with Gasteiger partial charge in [-0.2, -0.15) is 0 Å². The smallest absolute Gasteiger partial charge is 0.303 e. The Morgan fingerprint density at radius 2 is 1.88 bits per heavy atom. The number of carbonyl (C=O) groups excluding carboxylic acids is 3. The van der Waals surface area contributed by atoms with E-state index in [9.17, 15) is 23.6 Å². The Bertz CT molecular complexity index is 940. The molecule has 9 heteroatoms. The second-order valence-electron chi connectivity index (χ2n) is 8.19. The Morgan fingerprint density at radius 3 is 2.44 bits per heavy atom. The van der Waals surface area contributed by atoms with E-state index < -0.39 is 35.5 Å². The molecule has 3 amide bonds. The minimum Gasteiger partial charge on any atom is -0.481 e. The number of amides is 3. The number of piperidine rings is 1. The Hall–Kier alpha value is -3.23. The summed E-state index contributed by atoms with van der Waals surface area (Å²) in [6.45, 7) is 4.69. The average Bonchev–Trinajstić information content (AvgIpc) is 3.01. The summed E-state index contributed by atoms with van der Waals surface area (Å²) in [5.74, 6) is -2.92. The summed E-state index contributed by atoms with van der Waals surface area (Å²) in [5, 5.41) is 11.3. The minimum absolute atomic E-state index is 0.0416. The maximum Gasteiger partial charge on any atom is 0.303 e. The summed E-state index contributed by atoms with van der Waals surface area (Å²) in [5.41, 5.74) is 0.290. The second-order valence-corrected chi connectivity index (χ2v) is 8.19. The number of hydrogen-bond donors (Lipinski definition) is 2. The number of anilines is 1. The van der Waals surface area contributed by atoms with Crippen molar-refractivity contribution in [2.45, 2.75) is 44.6 Å². The third-order valence-corrected chi connectivity index (χ3v) is 6.21. The number of rotatable bonds is 9. The zero-order chi connectivity index (χ0) is 23.4. The Balaban J connectivity index is 1.81. The van der Waals surface area contributed by atoms with Crippen molar-refractivity contribution >= 4 is 29.4 Å². The van der Waals surface area contributed by atoms with Crippen LogP contribution in [0.15, 0.2) is 24.8 Å². The molecule has 0 saturated carbocycles. The van der Waals surface area contributed by atoms with Crippen LogP contribution in [0.3, 0.4) is 0 Å². The lowest BCUT2D eigenvalue weighted by Gasteiger charge is -2.33. The van der Waals surface area contributed by atoms with Crippen molar-refractivity contribution in [1.82, 2.24) is 10.2 Å². The second kappa shape index (κ2) is 9.93. The van der Waals surface area contributed by atoms with Crippen LogP contribution < -0.4 is 10.2 Å². The highest BCUT2D eigenvalue weighted by Crippen LogP contribution is 2.34. The average molecular weight is 445 g/mol. The van der Waals surface area contributed by atoms with Crippen LogP contribution in [0.25, 0.3) is 0 Å². The van der Waals surface area contributed by atoms with Gasteiger partial charge in [-0.25, -0.2) is 4.39 Å². The molecule has 1 fully saturated rings. The maximum atomic E-state index is 14.9. The van der Waals surface area contributed by atoms with Crippen molar-refractivity contribution in [2.75, 3.05) is 25.0 Å². The zero-order valence-corrected chi connectivity index (χ0v) is 18.1. The number of allylic oxidation sites excluding steroid dienone is 1. The van der Waals surface area contributed by atoms with Gasteiger partial charge in [0.1, 0.15) is 11.9 Å². The number of halogens is 1. The number of nitrogens with one attached hydrogen (secondary N) is 1. The van der Waals surface area contributed by atoms with Crippen molar-refractivity contribution < 1.29 is 28.7 Å². The van der Waals surface area contributed by atoms with Gasteiger partial charge in [0.25, 0.3) is 11.8 Å². The van der Waals surface area contributed by atoms with Gasteiger partial charge in [0.05, 0.1) is 16.8 Å². The van der Waals surface area contributed by atoms with Gasteiger partial charge in [-0.1, -0.05) is 6.08 Å². The van der Waals surface area contributed by atoms with Gasteiger partial charge in [0.15, 0.2) is 0 Å². The van der Waals surface area contributed by atoms with Crippen molar-refractivity contribution in [3.05, 3.63) is 41.7 Å². The number of hydrogen-bond acceptors (Lipinski definition) is 5. The van der Waals surface area contributed by atoms with E-state index in [1.807, 2.05) is 4.90 Å². The first kappa shape index (κ1) is 23.4. The van der Waals surface area contributed by atoms with E-state index in [4.69, 9.17) is 5.11 Å². The summed E-state index contributed by atoms with van der Waals surface area (Å²) in [7, 11) is 1.43. The standard InChI is InChI=1S/C23H28FN3O5/c1-3-4-5-18(21(30)25-2)27-22(31)15-12-17(24)19(13-16(15)23(27)32)26-10-8-14(9-11-26)6-7-20(28)29/h3,12-14,18H,1,4-11H2,2H3,(H,25,30)(H,28,29). The number of nitrogens with zero attached hydrogens (tertiary/aromatic N) is 2. The Kier molecular flexibility index (Phi) is 7.27. The van der Waals surface area contributed by atoms with Crippen LogP contribution in [0.5, 0.6) is 0 Å². The molecule has 1 saturated heterocycles. The molecule has 0 bridgehead atoms. The lowest BCUT2D eigenvalue weighted by atomic mass is 9.91. The van der Waals surface area contributed by atoms with Crippen LogP contribution in [0, 0.1) is 11.7 Å². The number of imide groups is 1. The Morgan fingerprint density at radius 1 is 1.25 bits per heavy atom. The van der Waals surface area contributed by atoms with Crippen LogP contribution in [-0.2, 0) is 9.59 Å². The highest BCUT2D eigenvalue weighted by Gasteiger charge is 2.43. The largest absolute Gasteiger partial charge is 0.481 e. The summed E-state index contributed by atoms with van der Waals surface area (Å²) in [6.07, 6.45) is 4.42. The molecule has 1 unspecified atom stereocenters. The topological polar surface area (TPSA) is 107 Å². The van der Waals surface area contributed by atoms with Gasteiger partial charge in [-0.15, -0.1) is 6.58 Å². The molecule has 2 heterocycles. The highest BCUT2D eigenvalue weighted by atomic mass is 19.1. The van der Waals surface area contributed by atoms with Gasteiger partial charge in [-0.05, 0) is 50.2 Å². The molecule has 3 rings (SSSR count). The normalized spacial score (nSPS) is 17.3. The molecule has 2 aliphatic rings. The van der Waals surface area contributed by atoms with Crippen molar-refractivity contribution in [3.63, 3.8) is 0 Å². The number of benzene rings is 1. The SMILES string of the molecule is C=CCCC(C(=O)NC)N1C(=O)c2cc(F)c(N3CCC(CCC(=O)O)CC3)cc2C1=O. The molecular formula is C23H28FN3O5. The summed E-state index contributed by atoms with van der Waals surface area (Å²) >= 11 is 0. The van der Waals surface area contributed by atoms with E-state index in [2.05, 4.69) is 11.9 Å². The first-order valence-corrected chi connectivity index (χ1v) is 10.8. The van der Waals surface area contributed by atoms with Crippen molar-refractivity contribution in [1.29, 1.82) is 0 Å². The fraction of sp³-hybridized carbons (Fsp3) is 0.478. The van der Waals surface area contributed by atoms with Crippen LogP contribution >= 0.6 is 0 Å². The van der Waals surface area contributed by atoms with Gasteiger partial charge in [-0.3, -0.25) is 24.1 Å². The van der Waals surface area contributed by atoms with Crippen LogP contribution in [0.1, 0.15) is 59.2 Å². The van der Waals surface area contributed by atoms with Crippen LogP contribution in [-0.4, -0.2) is 59.9 Å². The van der Waals surface area contributed by atoms with Gasteiger partial charge in [0.2, 0.25) is 5.91 Å². The van der Waals surface area contributed by atoms with Gasteiger partial charge < -0.3 is 15.3 Å². The van der Waals surface area contributed by atoms with Crippen LogP contribution in [0.2, 0.25) is 0 Å².